The Morgan fingerprint density at radius 1 is 0.559 bits per heavy atom. The molecule has 0 spiro atoms. The van der Waals surface area contributed by atoms with E-state index in [0.717, 1.165) is 38.2 Å². The zero-order chi connectivity index (χ0) is 23.3. The normalized spacial score (nSPS) is 11.9. The van der Waals surface area contributed by atoms with Crippen LogP contribution in [0.1, 0.15) is 0 Å². The lowest BCUT2D eigenvalue weighted by molar-refractivity contribution is 0.588. The van der Waals surface area contributed by atoms with Crippen molar-refractivity contribution in [2.45, 2.75) is 0 Å². The molecule has 6 rings (SSSR count). The number of rotatable bonds is 3. The average Bonchev–Trinajstić information content (AvgIpc) is 2.87. The van der Waals surface area contributed by atoms with Crippen molar-refractivity contribution in [3.05, 3.63) is 109 Å². The number of fused-ring (bicyclic) bond motifs is 4. The highest BCUT2D eigenvalue weighted by Crippen LogP contribution is 2.38. The minimum atomic E-state index is -2.25. The SMILES string of the molecule is CP(C)(=O)c1ccc(-c2ccc(-c3c4ccccc4nc4c3ccc3ccccc34)cc2)cc1. The van der Waals surface area contributed by atoms with Gasteiger partial charge in [-0.2, -0.15) is 0 Å². The third-order valence-corrected chi connectivity index (χ3v) is 8.11. The van der Waals surface area contributed by atoms with Crippen molar-refractivity contribution in [3.63, 3.8) is 0 Å². The lowest BCUT2D eigenvalue weighted by Gasteiger charge is -2.14. The van der Waals surface area contributed by atoms with E-state index in [0.29, 0.717) is 0 Å². The number of aromatic nitrogens is 1. The molecule has 0 aliphatic rings. The van der Waals surface area contributed by atoms with Crippen LogP contribution in [0.15, 0.2) is 109 Å². The van der Waals surface area contributed by atoms with Gasteiger partial charge in [0.2, 0.25) is 0 Å². The van der Waals surface area contributed by atoms with Crippen LogP contribution >= 0.6 is 7.14 Å². The maximum absolute atomic E-state index is 12.4. The molecule has 5 aromatic carbocycles. The second-order valence-corrected chi connectivity index (χ2v) is 12.4. The molecule has 0 saturated heterocycles. The highest BCUT2D eigenvalue weighted by atomic mass is 31.2. The van der Waals surface area contributed by atoms with Crippen LogP contribution in [-0.2, 0) is 4.57 Å². The van der Waals surface area contributed by atoms with E-state index >= 15 is 0 Å². The Labute approximate surface area is 199 Å². The zero-order valence-electron chi connectivity index (χ0n) is 19.2. The zero-order valence-corrected chi connectivity index (χ0v) is 20.1. The molecule has 6 aromatic rings. The van der Waals surface area contributed by atoms with Gasteiger partial charge >= 0.3 is 0 Å². The Balaban J connectivity index is 1.53. The Morgan fingerprint density at radius 3 is 1.85 bits per heavy atom. The van der Waals surface area contributed by atoms with Crippen molar-refractivity contribution < 1.29 is 4.57 Å². The van der Waals surface area contributed by atoms with Gasteiger partial charge in [-0.15, -0.1) is 0 Å². The topological polar surface area (TPSA) is 30.0 Å². The first-order valence-corrected chi connectivity index (χ1v) is 14.1. The van der Waals surface area contributed by atoms with Gasteiger partial charge in [-0.1, -0.05) is 103 Å². The van der Waals surface area contributed by atoms with Crippen LogP contribution in [0.4, 0.5) is 0 Å². The second-order valence-electron chi connectivity index (χ2n) is 9.16. The van der Waals surface area contributed by atoms with Crippen molar-refractivity contribution in [2.24, 2.45) is 0 Å². The predicted molar refractivity (Wildman–Crippen MR) is 147 cm³/mol. The highest BCUT2D eigenvalue weighted by Gasteiger charge is 2.14. The van der Waals surface area contributed by atoms with Gasteiger partial charge in [-0.05, 0) is 41.5 Å². The van der Waals surface area contributed by atoms with Crippen LogP contribution in [0.5, 0.6) is 0 Å². The van der Waals surface area contributed by atoms with Gasteiger partial charge in [-0.25, -0.2) is 4.98 Å². The summed E-state index contributed by atoms with van der Waals surface area (Å²) in [5, 5.41) is 5.61. The van der Waals surface area contributed by atoms with Crippen LogP contribution in [-0.4, -0.2) is 18.3 Å². The molecular weight excluding hydrogens is 433 g/mol. The van der Waals surface area contributed by atoms with Crippen LogP contribution < -0.4 is 5.30 Å². The van der Waals surface area contributed by atoms with Crippen molar-refractivity contribution in [2.75, 3.05) is 13.3 Å². The standard InChI is InChI=1S/C31H24NOP/c1-34(2,33)25-18-15-22(16-19-25)21-11-13-24(14-12-21)30-27-9-5-6-10-29(27)32-31-26-8-4-3-7-23(26)17-20-28(30)31/h3-20H,1-2H3. The summed E-state index contributed by atoms with van der Waals surface area (Å²) in [5.41, 5.74) is 6.70. The molecule has 1 aromatic heterocycles. The molecule has 0 fully saturated rings. The van der Waals surface area contributed by atoms with Gasteiger partial charge in [0.15, 0.2) is 0 Å². The fourth-order valence-electron chi connectivity index (χ4n) is 4.78. The van der Waals surface area contributed by atoms with E-state index in [1.807, 2.05) is 31.5 Å². The molecule has 0 unspecified atom stereocenters. The van der Waals surface area contributed by atoms with Gasteiger partial charge < -0.3 is 4.57 Å². The van der Waals surface area contributed by atoms with Gasteiger partial charge in [0.25, 0.3) is 0 Å². The first-order chi connectivity index (χ1) is 16.5. The Morgan fingerprint density at radius 2 is 1.15 bits per heavy atom. The van der Waals surface area contributed by atoms with Gasteiger partial charge in [0.1, 0.15) is 7.14 Å². The molecule has 0 aliphatic carbocycles. The van der Waals surface area contributed by atoms with E-state index in [1.54, 1.807) is 0 Å². The summed E-state index contributed by atoms with van der Waals surface area (Å²) in [6.45, 7) is 3.62. The molecule has 0 bridgehead atoms. The highest BCUT2D eigenvalue weighted by molar-refractivity contribution is 7.70. The van der Waals surface area contributed by atoms with E-state index in [4.69, 9.17) is 4.98 Å². The maximum atomic E-state index is 12.4. The predicted octanol–water partition coefficient (Wildman–Crippen LogP) is 8.12. The molecule has 0 atom stereocenters. The first kappa shape index (κ1) is 20.8. The molecule has 0 saturated carbocycles. The van der Waals surface area contributed by atoms with E-state index < -0.39 is 7.14 Å². The smallest absolute Gasteiger partial charge is 0.109 e. The third-order valence-electron chi connectivity index (χ3n) is 6.57. The van der Waals surface area contributed by atoms with Crippen LogP contribution in [0.3, 0.4) is 0 Å². The molecule has 0 N–H and O–H groups in total. The average molecular weight is 458 g/mol. The Kier molecular flexibility index (Phi) is 4.86. The molecule has 3 heteroatoms. The van der Waals surface area contributed by atoms with Crippen LogP contribution in [0.25, 0.3) is 54.8 Å². The van der Waals surface area contributed by atoms with Crippen LogP contribution in [0, 0.1) is 0 Å². The molecular formula is C31H24NOP. The van der Waals surface area contributed by atoms with E-state index in [1.165, 1.54) is 21.9 Å². The molecule has 1 heterocycles. The summed E-state index contributed by atoms with van der Waals surface area (Å²) in [4.78, 5) is 5.06. The molecule has 0 aliphatic heterocycles. The maximum Gasteiger partial charge on any atom is 0.109 e. The van der Waals surface area contributed by atoms with Crippen molar-refractivity contribution in [1.29, 1.82) is 0 Å². The van der Waals surface area contributed by atoms with E-state index in [2.05, 4.69) is 91.0 Å². The number of benzene rings is 5. The van der Waals surface area contributed by atoms with Crippen LogP contribution in [0.2, 0.25) is 0 Å². The monoisotopic (exact) mass is 457 g/mol. The van der Waals surface area contributed by atoms with E-state index in [9.17, 15) is 4.57 Å². The fourth-order valence-corrected chi connectivity index (χ4v) is 5.65. The molecule has 164 valence electrons. The van der Waals surface area contributed by atoms with E-state index in [-0.39, 0.29) is 0 Å². The summed E-state index contributed by atoms with van der Waals surface area (Å²) in [6.07, 6.45) is 0. The molecule has 0 radical (unpaired) electrons. The number of nitrogens with zero attached hydrogens (tertiary/aromatic N) is 1. The first-order valence-electron chi connectivity index (χ1n) is 11.5. The summed E-state index contributed by atoms with van der Waals surface area (Å²) < 4.78 is 12.4. The molecule has 0 amide bonds. The summed E-state index contributed by atoms with van der Waals surface area (Å²) in [5.74, 6) is 0. The lowest BCUT2D eigenvalue weighted by atomic mass is 9.93. The minimum absolute atomic E-state index is 0.912. The fraction of sp³-hybridized carbons (Fsp3) is 0.0645. The third kappa shape index (κ3) is 3.52. The van der Waals surface area contributed by atoms with Crippen molar-refractivity contribution >= 4 is 45.0 Å². The van der Waals surface area contributed by atoms with Gasteiger partial charge in [-0.3, -0.25) is 0 Å². The largest absolute Gasteiger partial charge is 0.319 e. The minimum Gasteiger partial charge on any atom is -0.319 e. The molecule has 2 nitrogen and oxygen atoms in total. The number of hydrogen-bond donors (Lipinski definition) is 0. The number of pyridine rings is 1. The Bertz CT molecular complexity index is 1730. The van der Waals surface area contributed by atoms with Crippen molar-refractivity contribution in [1.82, 2.24) is 4.98 Å². The van der Waals surface area contributed by atoms with Gasteiger partial charge in [0, 0.05) is 27.0 Å². The van der Waals surface area contributed by atoms with Crippen molar-refractivity contribution in [3.8, 4) is 22.3 Å². The summed E-state index contributed by atoms with van der Waals surface area (Å²) in [6, 6.07) is 38.0. The quantitative estimate of drug-likeness (QED) is 0.153. The lowest BCUT2D eigenvalue weighted by Crippen LogP contribution is -2.01. The molecule has 34 heavy (non-hydrogen) atoms. The van der Waals surface area contributed by atoms with Gasteiger partial charge in [0.05, 0.1) is 11.0 Å². The summed E-state index contributed by atoms with van der Waals surface area (Å²) >= 11 is 0. The number of hydrogen-bond acceptors (Lipinski definition) is 2. The summed E-state index contributed by atoms with van der Waals surface area (Å²) in [7, 11) is -2.25. The second kappa shape index (κ2) is 7.94. The number of para-hydroxylation sites is 1. The Hall–Kier alpha value is -3.74.